The molecule has 0 fully saturated rings. The van der Waals surface area contributed by atoms with Crippen molar-refractivity contribution < 1.29 is 13.5 Å². The van der Waals surface area contributed by atoms with E-state index in [0.29, 0.717) is 6.42 Å². The fourth-order valence-electron chi connectivity index (χ4n) is 2.25. The number of hydrogen-bond acceptors (Lipinski definition) is 4. The highest BCUT2D eigenvalue weighted by Crippen LogP contribution is 2.28. The molecule has 0 bridgehead atoms. The van der Waals surface area contributed by atoms with Crippen LogP contribution < -0.4 is 0 Å². The van der Waals surface area contributed by atoms with E-state index in [2.05, 4.69) is 4.90 Å². The third-order valence-electron chi connectivity index (χ3n) is 3.19. The van der Waals surface area contributed by atoms with Crippen LogP contribution in [0, 0.1) is 0 Å². The zero-order valence-electron chi connectivity index (χ0n) is 10.1. The second-order valence-corrected chi connectivity index (χ2v) is 6.64. The Morgan fingerprint density at radius 3 is 2.53 bits per heavy atom. The number of sulfone groups is 1. The molecule has 0 radical (unpaired) electrons. The molecule has 0 saturated carbocycles. The predicted octanol–water partition coefficient (Wildman–Crippen LogP) is 0.826. The number of fused-ring (bicyclic) bond motifs is 1. The molecule has 1 N–H and O–H groups in total. The maximum absolute atomic E-state index is 11.7. The summed E-state index contributed by atoms with van der Waals surface area (Å²) in [6.45, 7) is 1.74. The Morgan fingerprint density at radius 2 is 1.88 bits per heavy atom. The average Bonchev–Trinajstić information content (AvgIpc) is 2.39. The fraction of sp³-hybridized carbons (Fsp3) is 0.500. The number of phenolic OH excluding ortho intramolecular Hbond substituents is 1. The van der Waals surface area contributed by atoms with Crippen molar-refractivity contribution in [2.75, 3.05) is 26.4 Å². The van der Waals surface area contributed by atoms with Crippen LogP contribution in [0.2, 0.25) is 0 Å². The minimum atomic E-state index is -3.28. The van der Waals surface area contributed by atoms with Gasteiger partial charge >= 0.3 is 0 Å². The molecular weight excluding hydrogens is 238 g/mol. The smallest absolute Gasteiger partial charge is 0.175 e. The van der Waals surface area contributed by atoms with E-state index in [1.165, 1.54) is 12.3 Å². The second-order valence-electron chi connectivity index (χ2n) is 4.66. The molecule has 1 heterocycles. The minimum absolute atomic E-state index is 0.0359. The summed E-state index contributed by atoms with van der Waals surface area (Å²) in [6.07, 6.45) is 2.69. The molecular formula is C12H17NO3S. The lowest BCUT2D eigenvalue weighted by molar-refractivity contribution is 0.352. The standard InChI is InChI=1S/C12H17NO3S/c1-13-5-3-9-7-10(14)8-12(17(2,15)16)11(9)4-6-13/h7-8,14H,3-6H2,1-2H3. The van der Waals surface area contributed by atoms with Crippen molar-refractivity contribution >= 4 is 9.84 Å². The Balaban J connectivity index is 2.59. The van der Waals surface area contributed by atoms with Crippen LogP contribution >= 0.6 is 0 Å². The van der Waals surface area contributed by atoms with Crippen molar-refractivity contribution in [3.63, 3.8) is 0 Å². The van der Waals surface area contributed by atoms with Gasteiger partial charge in [0.2, 0.25) is 0 Å². The van der Waals surface area contributed by atoms with Crippen LogP contribution in [0.25, 0.3) is 0 Å². The van der Waals surface area contributed by atoms with Crippen molar-refractivity contribution in [2.24, 2.45) is 0 Å². The van der Waals surface area contributed by atoms with Gasteiger partial charge in [0.25, 0.3) is 0 Å². The van der Waals surface area contributed by atoms with Gasteiger partial charge in [-0.05, 0) is 43.1 Å². The molecule has 94 valence electrons. The largest absolute Gasteiger partial charge is 0.508 e. The van der Waals surface area contributed by atoms with Crippen LogP contribution in [0.3, 0.4) is 0 Å². The minimum Gasteiger partial charge on any atom is -0.508 e. The van der Waals surface area contributed by atoms with Crippen LogP contribution in [0.15, 0.2) is 17.0 Å². The molecule has 0 atom stereocenters. The maximum Gasteiger partial charge on any atom is 0.175 e. The fourth-order valence-corrected chi connectivity index (χ4v) is 3.27. The average molecular weight is 255 g/mol. The van der Waals surface area contributed by atoms with E-state index in [4.69, 9.17) is 0 Å². The summed E-state index contributed by atoms with van der Waals surface area (Å²) < 4.78 is 23.5. The van der Waals surface area contributed by atoms with E-state index >= 15 is 0 Å². The molecule has 17 heavy (non-hydrogen) atoms. The first kappa shape index (κ1) is 12.4. The van der Waals surface area contributed by atoms with E-state index in [-0.39, 0.29) is 10.6 Å². The SMILES string of the molecule is CN1CCc2cc(O)cc(S(C)(=O)=O)c2CC1. The van der Waals surface area contributed by atoms with Crippen LogP contribution in [0.5, 0.6) is 5.75 Å². The van der Waals surface area contributed by atoms with Gasteiger partial charge in [-0.3, -0.25) is 0 Å². The first-order chi connectivity index (χ1) is 7.88. The van der Waals surface area contributed by atoms with Crippen molar-refractivity contribution in [3.8, 4) is 5.75 Å². The Labute approximate surface area is 102 Å². The zero-order chi connectivity index (χ0) is 12.6. The van der Waals surface area contributed by atoms with Crippen molar-refractivity contribution in [3.05, 3.63) is 23.3 Å². The lowest BCUT2D eigenvalue weighted by Crippen LogP contribution is -2.20. The highest BCUT2D eigenvalue weighted by molar-refractivity contribution is 7.90. The van der Waals surface area contributed by atoms with Gasteiger partial charge in [-0.15, -0.1) is 0 Å². The molecule has 0 amide bonds. The molecule has 0 aliphatic carbocycles. The summed E-state index contributed by atoms with van der Waals surface area (Å²) in [7, 11) is -1.26. The number of rotatable bonds is 1. The quantitative estimate of drug-likeness (QED) is 0.807. The van der Waals surface area contributed by atoms with Crippen LogP contribution in [-0.2, 0) is 22.7 Å². The summed E-state index contributed by atoms with van der Waals surface area (Å²) in [6, 6.07) is 3.04. The molecule has 5 heteroatoms. The first-order valence-corrected chi connectivity index (χ1v) is 7.50. The van der Waals surface area contributed by atoms with Gasteiger partial charge in [-0.2, -0.15) is 0 Å². The number of nitrogens with zero attached hydrogens (tertiary/aromatic N) is 1. The van der Waals surface area contributed by atoms with Gasteiger partial charge < -0.3 is 10.0 Å². The molecule has 2 rings (SSSR count). The Bertz CT molecular complexity index is 537. The predicted molar refractivity (Wildman–Crippen MR) is 66.1 cm³/mol. The van der Waals surface area contributed by atoms with Crippen LogP contribution in [0.4, 0.5) is 0 Å². The molecule has 1 aromatic carbocycles. The van der Waals surface area contributed by atoms with Gasteiger partial charge in [0.1, 0.15) is 5.75 Å². The third kappa shape index (κ3) is 2.61. The van der Waals surface area contributed by atoms with Gasteiger partial charge in [-0.25, -0.2) is 8.42 Å². The van der Waals surface area contributed by atoms with Gasteiger partial charge in [-0.1, -0.05) is 0 Å². The summed E-state index contributed by atoms with van der Waals surface area (Å²) in [5.41, 5.74) is 1.82. The first-order valence-electron chi connectivity index (χ1n) is 5.61. The molecule has 4 nitrogen and oxygen atoms in total. The van der Waals surface area contributed by atoms with Crippen LogP contribution in [0.1, 0.15) is 11.1 Å². The molecule has 1 aliphatic heterocycles. The highest BCUT2D eigenvalue weighted by Gasteiger charge is 2.20. The van der Waals surface area contributed by atoms with Crippen molar-refractivity contribution in [1.82, 2.24) is 4.90 Å². The Hall–Kier alpha value is -1.07. The van der Waals surface area contributed by atoms with Crippen LogP contribution in [-0.4, -0.2) is 44.8 Å². The number of hydrogen-bond donors (Lipinski definition) is 1. The molecule has 0 aromatic heterocycles. The van der Waals surface area contributed by atoms with Gasteiger partial charge in [0.05, 0.1) is 4.90 Å². The number of benzene rings is 1. The highest BCUT2D eigenvalue weighted by atomic mass is 32.2. The lowest BCUT2D eigenvalue weighted by atomic mass is 10.0. The van der Waals surface area contributed by atoms with Crippen molar-refractivity contribution in [1.29, 1.82) is 0 Å². The zero-order valence-corrected chi connectivity index (χ0v) is 10.9. The summed E-state index contributed by atoms with van der Waals surface area (Å²) in [5.74, 6) is 0.0359. The van der Waals surface area contributed by atoms with E-state index in [1.54, 1.807) is 6.07 Å². The van der Waals surface area contributed by atoms with E-state index < -0.39 is 9.84 Å². The van der Waals surface area contributed by atoms with Crippen molar-refractivity contribution in [2.45, 2.75) is 17.7 Å². The molecule has 1 aliphatic rings. The summed E-state index contributed by atoms with van der Waals surface area (Å²) in [5, 5.41) is 9.61. The van der Waals surface area contributed by atoms with E-state index in [1.807, 2.05) is 7.05 Å². The molecule has 1 aromatic rings. The van der Waals surface area contributed by atoms with Gasteiger partial charge in [0, 0.05) is 19.3 Å². The molecule has 0 spiro atoms. The summed E-state index contributed by atoms with van der Waals surface area (Å²) >= 11 is 0. The van der Waals surface area contributed by atoms with E-state index in [0.717, 1.165) is 30.6 Å². The van der Waals surface area contributed by atoms with Gasteiger partial charge in [0.15, 0.2) is 9.84 Å². The maximum atomic E-state index is 11.7. The lowest BCUT2D eigenvalue weighted by Gasteiger charge is -2.12. The number of likely N-dealkylation sites (N-methyl/N-ethyl adjacent to an activating group) is 1. The molecule has 0 unspecified atom stereocenters. The monoisotopic (exact) mass is 255 g/mol. The normalized spacial score (nSPS) is 17.5. The Morgan fingerprint density at radius 1 is 1.24 bits per heavy atom. The number of aromatic hydroxyl groups is 1. The Kier molecular flexibility index (Phi) is 3.14. The van der Waals surface area contributed by atoms with E-state index in [9.17, 15) is 13.5 Å². The summed E-state index contributed by atoms with van der Waals surface area (Å²) in [4.78, 5) is 2.45. The topological polar surface area (TPSA) is 57.6 Å². The number of phenols is 1. The third-order valence-corrected chi connectivity index (χ3v) is 4.36. The molecule has 0 saturated heterocycles. The second kappa shape index (κ2) is 4.31.